The Morgan fingerprint density at radius 2 is 2.20 bits per heavy atom. The zero-order valence-electron chi connectivity index (χ0n) is 7.84. The summed E-state index contributed by atoms with van der Waals surface area (Å²) in [7, 11) is 1.24. The normalized spacial score (nSPS) is 10.5. The number of methoxy groups -OCH3 is 1. The molecule has 0 aliphatic carbocycles. The molecule has 0 aromatic carbocycles. The number of anilines is 1. The Labute approximate surface area is 83.8 Å². The van der Waals surface area contributed by atoms with Gasteiger partial charge in [-0.1, -0.05) is 0 Å². The molecule has 0 aliphatic heterocycles. The molecule has 4 nitrogen and oxygen atoms in total. The second kappa shape index (κ2) is 4.72. The fraction of sp³-hybridized carbons (Fsp3) is 0.375. The molecule has 2 N–H and O–H groups in total. The van der Waals surface area contributed by atoms with E-state index in [0.29, 0.717) is 0 Å². The van der Waals surface area contributed by atoms with Crippen molar-refractivity contribution in [2.45, 2.75) is 6.43 Å². The SMILES string of the molecule is COc1nc(N)c(F)cc1OCC(F)F. The molecule has 0 atom stereocenters. The van der Waals surface area contributed by atoms with E-state index >= 15 is 0 Å². The van der Waals surface area contributed by atoms with Crippen molar-refractivity contribution in [2.24, 2.45) is 0 Å². The van der Waals surface area contributed by atoms with Gasteiger partial charge in [-0.2, -0.15) is 4.98 Å². The van der Waals surface area contributed by atoms with Gasteiger partial charge in [-0.25, -0.2) is 13.2 Å². The lowest BCUT2D eigenvalue weighted by Gasteiger charge is -2.09. The molecular formula is C8H9F3N2O2. The first kappa shape index (κ1) is 11.4. The zero-order valence-corrected chi connectivity index (χ0v) is 7.84. The summed E-state index contributed by atoms with van der Waals surface area (Å²) in [6.45, 7) is -0.860. The Morgan fingerprint density at radius 1 is 1.53 bits per heavy atom. The summed E-state index contributed by atoms with van der Waals surface area (Å²) in [6.07, 6.45) is -2.66. The van der Waals surface area contributed by atoms with Gasteiger partial charge in [0, 0.05) is 6.07 Å². The lowest BCUT2D eigenvalue weighted by atomic mass is 10.4. The fourth-order valence-corrected chi connectivity index (χ4v) is 0.871. The maximum Gasteiger partial charge on any atom is 0.272 e. The summed E-state index contributed by atoms with van der Waals surface area (Å²) < 4.78 is 45.8. The quantitative estimate of drug-likeness (QED) is 0.837. The summed E-state index contributed by atoms with van der Waals surface area (Å²) >= 11 is 0. The third kappa shape index (κ3) is 2.90. The van der Waals surface area contributed by atoms with Gasteiger partial charge in [0.25, 0.3) is 12.3 Å². The van der Waals surface area contributed by atoms with Crippen molar-refractivity contribution >= 4 is 5.82 Å². The monoisotopic (exact) mass is 222 g/mol. The highest BCUT2D eigenvalue weighted by Crippen LogP contribution is 2.27. The van der Waals surface area contributed by atoms with Crippen LogP contribution >= 0.6 is 0 Å². The van der Waals surface area contributed by atoms with Gasteiger partial charge in [0.1, 0.15) is 6.61 Å². The molecule has 0 aliphatic rings. The molecule has 0 unspecified atom stereocenters. The summed E-state index contributed by atoms with van der Waals surface area (Å²) in [5.74, 6) is -1.56. The van der Waals surface area contributed by atoms with E-state index < -0.39 is 18.8 Å². The Kier molecular flexibility index (Phi) is 3.59. The van der Waals surface area contributed by atoms with E-state index in [4.69, 9.17) is 5.73 Å². The average molecular weight is 222 g/mol. The number of rotatable bonds is 4. The van der Waals surface area contributed by atoms with E-state index in [-0.39, 0.29) is 17.4 Å². The maximum atomic E-state index is 12.9. The van der Waals surface area contributed by atoms with Crippen LogP contribution in [0.25, 0.3) is 0 Å². The first-order valence-corrected chi connectivity index (χ1v) is 3.95. The van der Waals surface area contributed by atoms with Crippen LogP contribution in [0.1, 0.15) is 0 Å². The third-order valence-corrected chi connectivity index (χ3v) is 1.49. The molecule has 1 aromatic heterocycles. The minimum absolute atomic E-state index is 0.130. The zero-order chi connectivity index (χ0) is 11.4. The van der Waals surface area contributed by atoms with E-state index in [1.807, 2.05) is 0 Å². The largest absolute Gasteiger partial charge is 0.482 e. The predicted molar refractivity (Wildman–Crippen MR) is 46.7 cm³/mol. The molecule has 1 heterocycles. The number of ether oxygens (including phenoxy) is 2. The lowest BCUT2D eigenvalue weighted by molar-refractivity contribution is 0.0799. The highest BCUT2D eigenvalue weighted by Gasteiger charge is 2.13. The maximum absolute atomic E-state index is 12.9. The highest BCUT2D eigenvalue weighted by molar-refractivity contribution is 5.43. The molecule has 0 saturated heterocycles. The van der Waals surface area contributed by atoms with Crippen molar-refractivity contribution in [3.8, 4) is 11.6 Å². The van der Waals surface area contributed by atoms with E-state index in [0.717, 1.165) is 6.07 Å². The second-order valence-corrected chi connectivity index (χ2v) is 2.56. The Balaban J connectivity index is 2.89. The van der Waals surface area contributed by atoms with Crippen molar-refractivity contribution < 1.29 is 22.6 Å². The van der Waals surface area contributed by atoms with Gasteiger partial charge < -0.3 is 15.2 Å². The number of hydrogen-bond acceptors (Lipinski definition) is 4. The van der Waals surface area contributed by atoms with Crippen LogP contribution in [0.4, 0.5) is 19.0 Å². The van der Waals surface area contributed by atoms with Crippen LogP contribution in [-0.4, -0.2) is 25.1 Å². The summed E-state index contributed by atoms with van der Waals surface area (Å²) in [5, 5.41) is 0. The molecule has 0 radical (unpaired) electrons. The summed E-state index contributed by atoms with van der Waals surface area (Å²) in [5.41, 5.74) is 5.15. The van der Waals surface area contributed by atoms with Crippen molar-refractivity contribution in [2.75, 3.05) is 19.5 Å². The van der Waals surface area contributed by atoms with Gasteiger partial charge in [0.05, 0.1) is 7.11 Å². The molecule has 0 saturated carbocycles. The molecule has 15 heavy (non-hydrogen) atoms. The van der Waals surface area contributed by atoms with Gasteiger partial charge in [-0.05, 0) is 0 Å². The van der Waals surface area contributed by atoms with Crippen LogP contribution in [0.5, 0.6) is 11.6 Å². The van der Waals surface area contributed by atoms with Gasteiger partial charge in [0.2, 0.25) is 0 Å². The first-order valence-electron chi connectivity index (χ1n) is 3.95. The van der Waals surface area contributed by atoms with Crippen LogP contribution in [0, 0.1) is 5.82 Å². The molecule has 1 rings (SSSR count). The number of pyridine rings is 1. The van der Waals surface area contributed by atoms with Crippen LogP contribution in [0.2, 0.25) is 0 Å². The molecule has 0 fully saturated rings. The molecule has 7 heteroatoms. The van der Waals surface area contributed by atoms with Crippen LogP contribution < -0.4 is 15.2 Å². The van der Waals surface area contributed by atoms with Gasteiger partial charge in [-0.3, -0.25) is 0 Å². The molecule has 0 bridgehead atoms. The number of nitrogens with two attached hydrogens (primary N) is 1. The first-order chi connectivity index (χ1) is 7.04. The minimum atomic E-state index is -2.66. The van der Waals surface area contributed by atoms with E-state index in [9.17, 15) is 13.2 Å². The van der Waals surface area contributed by atoms with E-state index in [1.165, 1.54) is 7.11 Å². The Bertz CT molecular complexity index is 347. The second-order valence-electron chi connectivity index (χ2n) is 2.56. The smallest absolute Gasteiger partial charge is 0.272 e. The van der Waals surface area contributed by atoms with Crippen LogP contribution in [0.15, 0.2) is 6.07 Å². The molecule has 0 spiro atoms. The van der Waals surface area contributed by atoms with Gasteiger partial charge in [-0.15, -0.1) is 0 Å². The Morgan fingerprint density at radius 3 is 2.73 bits per heavy atom. The van der Waals surface area contributed by atoms with Crippen LogP contribution in [0.3, 0.4) is 0 Å². The third-order valence-electron chi connectivity index (χ3n) is 1.49. The number of halogens is 3. The van der Waals surface area contributed by atoms with Gasteiger partial charge in [0.15, 0.2) is 17.4 Å². The Hall–Kier alpha value is -1.66. The average Bonchev–Trinajstić information content (AvgIpc) is 2.19. The number of hydrogen-bond donors (Lipinski definition) is 1. The molecule has 1 aromatic rings. The summed E-state index contributed by atoms with van der Waals surface area (Å²) in [6, 6.07) is 0.851. The van der Waals surface area contributed by atoms with Crippen molar-refractivity contribution in [1.82, 2.24) is 4.98 Å². The van der Waals surface area contributed by atoms with Crippen LogP contribution in [-0.2, 0) is 0 Å². The van der Waals surface area contributed by atoms with Gasteiger partial charge >= 0.3 is 0 Å². The highest BCUT2D eigenvalue weighted by atomic mass is 19.3. The predicted octanol–water partition coefficient (Wildman–Crippen LogP) is 1.46. The molecule has 0 amide bonds. The summed E-state index contributed by atoms with van der Waals surface area (Å²) in [4.78, 5) is 3.48. The van der Waals surface area contributed by atoms with Crippen molar-refractivity contribution in [1.29, 1.82) is 0 Å². The number of nitrogen functional groups attached to an aromatic ring is 1. The number of nitrogens with zero attached hydrogens (tertiary/aromatic N) is 1. The van der Waals surface area contributed by atoms with E-state index in [1.54, 1.807) is 0 Å². The minimum Gasteiger partial charge on any atom is -0.482 e. The number of aromatic nitrogens is 1. The number of alkyl halides is 2. The molecule has 84 valence electrons. The lowest BCUT2D eigenvalue weighted by Crippen LogP contribution is -2.09. The fourth-order valence-electron chi connectivity index (χ4n) is 0.871. The molecular weight excluding hydrogens is 213 g/mol. The van der Waals surface area contributed by atoms with Crippen molar-refractivity contribution in [3.63, 3.8) is 0 Å². The van der Waals surface area contributed by atoms with Crippen molar-refractivity contribution in [3.05, 3.63) is 11.9 Å². The topological polar surface area (TPSA) is 57.4 Å². The standard InChI is InChI=1S/C8H9F3N2O2/c1-14-8-5(15-3-6(10)11)2-4(9)7(12)13-8/h2,6H,3H2,1H3,(H2,12,13). The van der Waals surface area contributed by atoms with E-state index in [2.05, 4.69) is 14.5 Å².